The minimum Gasteiger partial charge on any atom is -0.397 e. The summed E-state index contributed by atoms with van der Waals surface area (Å²) in [7, 11) is 0. The predicted molar refractivity (Wildman–Crippen MR) is 85.3 cm³/mol. The van der Waals surface area contributed by atoms with Gasteiger partial charge in [-0.1, -0.05) is 31.9 Å². The minimum atomic E-state index is 0.189. The summed E-state index contributed by atoms with van der Waals surface area (Å²) >= 11 is 4.45. The Kier molecular flexibility index (Phi) is 11.9. The number of rotatable bonds is 7. The number of anilines is 1. The van der Waals surface area contributed by atoms with Crippen LogP contribution in [0.3, 0.4) is 0 Å². The van der Waals surface area contributed by atoms with E-state index in [4.69, 9.17) is 10.2 Å². The third-order valence-corrected chi connectivity index (χ3v) is 3.00. The van der Waals surface area contributed by atoms with Crippen molar-refractivity contribution in [3.05, 3.63) is 24.3 Å². The molecule has 1 aromatic rings. The number of unbranched alkanes of at least 4 members (excludes halogenated alkanes) is 2. The summed E-state index contributed by atoms with van der Waals surface area (Å²) in [5.41, 5.74) is 1.12. The molecule has 0 fully saturated rings. The summed E-state index contributed by atoms with van der Waals surface area (Å²) < 4.78 is 0. The minimum absolute atomic E-state index is 0.189. The molecule has 0 aliphatic rings. The van der Waals surface area contributed by atoms with Gasteiger partial charge in [-0.25, -0.2) is 0 Å². The molecule has 0 spiro atoms. The Bertz CT molecular complexity index is 321. The van der Waals surface area contributed by atoms with Crippen LogP contribution in [0.15, 0.2) is 29.2 Å². The zero-order valence-electron chi connectivity index (χ0n) is 12.0. The summed E-state index contributed by atoms with van der Waals surface area (Å²) in [5.74, 6) is 0. The third kappa shape index (κ3) is 8.14. The Morgan fingerprint density at radius 2 is 1.68 bits per heavy atom. The van der Waals surface area contributed by atoms with E-state index in [-0.39, 0.29) is 13.2 Å². The van der Waals surface area contributed by atoms with Crippen molar-refractivity contribution in [2.45, 2.75) is 38.0 Å². The average Bonchev–Trinajstić information content (AvgIpc) is 2.40. The third-order valence-electron chi connectivity index (χ3n) is 2.62. The molecule has 1 aromatic carbocycles. The van der Waals surface area contributed by atoms with Crippen LogP contribution in [0.25, 0.3) is 0 Å². The van der Waals surface area contributed by atoms with E-state index in [0.717, 1.165) is 17.1 Å². The summed E-state index contributed by atoms with van der Waals surface area (Å²) in [6, 6.07) is 8.04. The van der Waals surface area contributed by atoms with Crippen molar-refractivity contribution < 1.29 is 10.2 Å². The maximum Gasteiger partial charge on any atom is 0.0606 e. The zero-order valence-corrected chi connectivity index (χ0v) is 12.9. The molecule has 0 radical (unpaired) electrons. The van der Waals surface area contributed by atoms with Gasteiger partial charge in [0, 0.05) is 24.6 Å². The van der Waals surface area contributed by atoms with Crippen LogP contribution in [0.5, 0.6) is 0 Å². The van der Waals surface area contributed by atoms with Crippen LogP contribution >= 0.6 is 12.6 Å². The summed E-state index contributed by atoms with van der Waals surface area (Å²) in [5, 5.41) is 16.6. The van der Waals surface area contributed by atoms with Crippen LogP contribution < -0.4 is 4.90 Å². The molecule has 110 valence electrons. The Balaban J connectivity index is 0.000000982. The van der Waals surface area contributed by atoms with Crippen LogP contribution in [0.1, 0.15) is 33.1 Å². The van der Waals surface area contributed by atoms with Gasteiger partial charge in [0.2, 0.25) is 0 Å². The van der Waals surface area contributed by atoms with Crippen molar-refractivity contribution in [2.75, 3.05) is 31.2 Å². The molecule has 0 bridgehead atoms. The lowest BCUT2D eigenvalue weighted by Crippen LogP contribution is -2.28. The first-order valence-corrected chi connectivity index (χ1v) is 7.40. The predicted octanol–water partition coefficient (Wildman–Crippen LogP) is 2.96. The van der Waals surface area contributed by atoms with Gasteiger partial charge in [-0.15, -0.1) is 12.6 Å². The highest BCUT2D eigenvalue weighted by Crippen LogP contribution is 2.23. The van der Waals surface area contributed by atoms with Crippen LogP contribution in [0, 0.1) is 0 Å². The van der Waals surface area contributed by atoms with Gasteiger partial charge in [0.05, 0.1) is 12.3 Å². The first kappa shape index (κ1) is 18.3. The SMILES string of the molecule is CCCCCN(CCO)c1ccccc1S.CCO. The maximum absolute atomic E-state index is 9.08. The van der Waals surface area contributed by atoms with Gasteiger partial charge in [0.1, 0.15) is 0 Å². The summed E-state index contributed by atoms with van der Waals surface area (Å²) in [4.78, 5) is 3.19. The van der Waals surface area contributed by atoms with Crippen LogP contribution in [-0.4, -0.2) is 36.5 Å². The topological polar surface area (TPSA) is 43.7 Å². The number of benzene rings is 1. The molecule has 0 atom stereocenters. The van der Waals surface area contributed by atoms with Gasteiger partial charge >= 0.3 is 0 Å². The van der Waals surface area contributed by atoms with E-state index < -0.39 is 0 Å². The van der Waals surface area contributed by atoms with Gasteiger partial charge in [-0.05, 0) is 25.5 Å². The summed E-state index contributed by atoms with van der Waals surface area (Å²) in [6.45, 7) is 5.99. The molecular formula is C15H27NO2S. The highest BCUT2D eigenvalue weighted by molar-refractivity contribution is 7.80. The van der Waals surface area contributed by atoms with Crippen molar-refractivity contribution in [2.24, 2.45) is 0 Å². The Labute approximate surface area is 122 Å². The second-order valence-corrected chi connectivity index (χ2v) is 4.70. The zero-order chi connectivity index (χ0) is 14.5. The second kappa shape index (κ2) is 12.3. The molecule has 0 saturated carbocycles. The molecule has 0 amide bonds. The molecule has 0 aliphatic carbocycles. The molecule has 2 N–H and O–H groups in total. The lowest BCUT2D eigenvalue weighted by Gasteiger charge is -2.25. The van der Waals surface area contributed by atoms with Gasteiger partial charge in [0.25, 0.3) is 0 Å². The van der Waals surface area contributed by atoms with Crippen molar-refractivity contribution in [1.82, 2.24) is 0 Å². The van der Waals surface area contributed by atoms with E-state index >= 15 is 0 Å². The maximum atomic E-state index is 9.08. The fraction of sp³-hybridized carbons (Fsp3) is 0.600. The van der Waals surface area contributed by atoms with Gasteiger partial charge in [0.15, 0.2) is 0 Å². The first-order valence-electron chi connectivity index (χ1n) is 6.95. The van der Waals surface area contributed by atoms with Gasteiger partial charge < -0.3 is 15.1 Å². The molecule has 4 heteroatoms. The molecular weight excluding hydrogens is 258 g/mol. The van der Waals surface area contributed by atoms with E-state index in [1.165, 1.54) is 19.3 Å². The number of nitrogens with zero attached hydrogens (tertiary/aromatic N) is 1. The quantitative estimate of drug-likeness (QED) is 0.533. The fourth-order valence-corrected chi connectivity index (χ4v) is 2.06. The highest BCUT2D eigenvalue weighted by atomic mass is 32.1. The standard InChI is InChI=1S/C13H21NOS.C2H6O/c1-2-3-6-9-14(10-11-15)12-7-4-5-8-13(12)16;1-2-3/h4-5,7-8,15-16H,2-3,6,9-11H2,1H3;3H,2H2,1H3. The molecule has 1 rings (SSSR count). The smallest absolute Gasteiger partial charge is 0.0606 e. The fourth-order valence-electron chi connectivity index (χ4n) is 1.76. The Morgan fingerprint density at radius 1 is 1.05 bits per heavy atom. The van der Waals surface area contributed by atoms with Crippen molar-refractivity contribution in [3.63, 3.8) is 0 Å². The van der Waals surface area contributed by atoms with E-state index in [9.17, 15) is 0 Å². The lowest BCUT2D eigenvalue weighted by molar-refractivity contribution is 0.301. The molecule has 0 unspecified atom stereocenters. The Hall–Kier alpha value is -0.710. The van der Waals surface area contributed by atoms with Crippen LogP contribution in [0.4, 0.5) is 5.69 Å². The van der Waals surface area contributed by atoms with E-state index in [1.54, 1.807) is 6.92 Å². The molecule has 0 aliphatic heterocycles. The van der Waals surface area contributed by atoms with Crippen molar-refractivity contribution in [3.8, 4) is 0 Å². The molecule has 0 aromatic heterocycles. The molecule has 0 heterocycles. The number of aliphatic hydroxyl groups is 2. The lowest BCUT2D eigenvalue weighted by atomic mass is 10.2. The monoisotopic (exact) mass is 285 g/mol. The molecule has 0 saturated heterocycles. The Morgan fingerprint density at radius 3 is 2.21 bits per heavy atom. The largest absolute Gasteiger partial charge is 0.397 e. The summed E-state index contributed by atoms with van der Waals surface area (Å²) in [6.07, 6.45) is 3.62. The van der Waals surface area contributed by atoms with E-state index in [2.05, 4.69) is 30.5 Å². The number of hydrogen-bond acceptors (Lipinski definition) is 4. The van der Waals surface area contributed by atoms with Crippen LogP contribution in [0.2, 0.25) is 0 Å². The normalized spacial score (nSPS) is 9.74. The molecule has 19 heavy (non-hydrogen) atoms. The van der Waals surface area contributed by atoms with E-state index in [0.29, 0.717) is 6.54 Å². The average molecular weight is 285 g/mol. The number of thiol groups is 1. The van der Waals surface area contributed by atoms with Crippen molar-refractivity contribution >= 4 is 18.3 Å². The molecule has 3 nitrogen and oxygen atoms in total. The second-order valence-electron chi connectivity index (χ2n) is 4.22. The van der Waals surface area contributed by atoms with Crippen LogP contribution in [-0.2, 0) is 0 Å². The number of aliphatic hydroxyl groups excluding tert-OH is 2. The van der Waals surface area contributed by atoms with Crippen molar-refractivity contribution in [1.29, 1.82) is 0 Å². The first-order chi connectivity index (χ1) is 9.21. The van der Waals surface area contributed by atoms with E-state index in [1.807, 2.05) is 18.2 Å². The van der Waals surface area contributed by atoms with Gasteiger partial charge in [-0.3, -0.25) is 0 Å². The number of para-hydroxylation sites is 1. The van der Waals surface area contributed by atoms with Gasteiger partial charge in [-0.2, -0.15) is 0 Å². The highest BCUT2D eigenvalue weighted by Gasteiger charge is 2.07. The number of hydrogen-bond donors (Lipinski definition) is 3.